The fraction of sp³-hybridized carbons (Fsp3) is 0.333. The maximum atomic E-state index is 5.05. The summed E-state index contributed by atoms with van der Waals surface area (Å²) >= 11 is 0. The van der Waals surface area contributed by atoms with Crippen LogP contribution in [0.3, 0.4) is 0 Å². The Labute approximate surface area is 116 Å². The summed E-state index contributed by atoms with van der Waals surface area (Å²) in [5.74, 6) is 0. The number of hydrogen-bond donors (Lipinski definition) is 0. The van der Waals surface area contributed by atoms with E-state index in [0.29, 0.717) is 12.1 Å². The summed E-state index contributed by atoms with van der Waals surface area (Å²) in [4.78, 5) is 0. The maximum absolute atomic E-state index is 5.05. The lowest BCUT2D eigenvalue weighted by Gasteiger charge is -2.23. The summed E-state index contributed by atoms with van der Waals surface area (Å²) in [5.41, 5.74) is 2.64. The maximum Gasteiger partial charge on any atom is 0.0500 e. The van der Waals surface area contributed by atoms with Crippen LogP contribution in [0.4, 0.5) is 0 Å². The van der Waals surface area contributed by atoms with Crippen LogP contribution >= 0.6 is 0 Å². The molecule has 0 bridgehead atoms. The van der Waals surface area contributed by atoms with Gasteiger partial charge in [-0.25, -0.2) is 5.32 Å². The van der Waals surface area contributed by atoms with Crippen molar-refractivity contribution in [2.45, 2.75) is 38.8 Å². The molecule has 0 aliphatic heterocycles. The predicted molar refractivity (Wildman–Crippen MR) is 81.1 cm³/mol. The van der Waals surface area contributed by atoms with E-state index in [9.17, 15) is 0 Å². The van der Waals surface area contributed by atoms with Gasteiger partial charge in [0, 0.05) is 12.1 Å². The van der Waals surface area contributed by atoms with Gasteiger partial charge in [0.15, 0.2) is 0 Å². The van der Waals surface area contributed by atoms with E-state index in [1.807, 2.05) is 0 Å². The van der Waals surface area contributed by atoms with Gasteiger partial charge in [0.1, 0.15) is 0 Å². The van der Waals surface area contributed by atoms with Gasteiger partial charge in [-0.2, -0.15) is 0 Å². The van der Waals surface area contributed by atoms with Crippen LogP contribution < -0.4 is 5.32 Å². The minimum atomic E-state index is 0.298. The summed E-state index contributed by atoms with van der Waals surface area (Å²) in [6.45, 7) is 4.41. The smallest absolute Gasteiger partial charge is 0.0500 e. The van der Waals surface area contributed by atoms with Crippen LogP contribution in [0.25, 0.3) is 0 Å². The zero-order valence-electron chi connectivity index (χ0n) is 11.8. The van der Waals surface area contributed by atoms with E-state index in [4.69, 9.17) is 5.32 Å². The molecule has 0 saturated carbocycles. The number of rotatable bonds is 6. The summed E-state index contributed by atoms with van der Waals surface area (Å²) in [6.07, 6.45) is 2.10. The molecule has 0 amide bonds. The highest BCUT2D eigenvalue weighted by molar-refractivity contribution is 5.22. The molecule has 0 spiro atoms. The fourth-order valence-corrected chi connectivity index (χ4v) is 2.42. The molecule has 2 aromatic rings. The molecule has 1 heteroatoms. The number of benzene rings is 2. The monoisotopic (exact) mass is 252 g/mol. The quantitative estimate of drug-likeness (QED) is 0.694. The van der Waals surface area contributed by atoms with Crippen LogP contribution in [-0.2, 0) is 0 Å². The Balaban J connectivity index is 2.13. The van der Waals surface area contributed by atoms with Gasteiger partial charge in [-0.3, -0.25) is 0 Å². The first kappa shape index (κ1) is 13.8. The molecule has 0 aromatic heterocycles. The minimum absolute atomic E-state index is 0.298. The molecule has 0 aliphatic rings. The van der Waals surface area contributed by atoms with Gasteiger partial charge in [-0.1, -0.05) is 74.5 Å². The zero-order valence-corrected chi connectivity index (χ0v) is 11.8. The van der Waals surface area contributed by atoms with Crippen molar-refractivity contribution in [3.63, 3.8) is 0 Å². The zero-order chi connectivity index (χ0) is 13.5. The third-order valence-electron chi connectivity index (χ3n) is 3.50. The Morgan fingerprint density at radius 3 is 1.37 bits per heavy atom. The molecule has 0 aliphatic carbocycles. The van der Waals surface area contributed by atoms with Crippen LogP contribution in [-0.4, -0.2) is 0 Å². The van der Waals surface area contributed by atoms with Crippen molar-refractivity contribution in [3.8, 4) is 0 Å². The van der Waals surface area contributed by atoms with Crippen LogP contribution in [0.2, 0.25) is 0 Å². The highest BCUT2D eigenvalue weighted by Crippen LogP contribution is 2.26. The van der Waals surface area contributed by atoms with Crippen molar-refractivity contribution in [1.29, 1.82) is 0 Å². The van der Waals surface area contributed by atoms with Gasteiger partial charge < -0.3 is 0 Å². The number of nitrogens with zero attached hydrogens (tertiary/aromatic N) is 1. The Morgan fingerprint density at radius 2 is 1.05 bits per heavy atom. The molecule has 2 unspecified atom stereocenters. The third-order valence-corrected chi connectivity index (χ3v) is 3.50. The second-order valence-corrected chi connectivity index (χ2v) is 4.82. The highest BCUT2D eigenvalue weighted by atomic mass is 14.9. The molecule has 2 atom stereocenters. The lowest BCUT2D eigenvalue weighted by Crippen LogP contribution is -2.19. The van der Waals surface area contributed by atoms with Gasteiger partial charge in [0.25, 0.3) is 0 Å². The molecule has 0 heterocycles. The first-order chi connectivity index (χ1) is 9.35. The van der Waals surface area contributed by atoms with Gasteiger partial charge in [0.05, 0.1) is 0 Å². The first-order valence-electron chi connectivity index (χ1n) is 7.15. The third kappa shape index (κ3) is 3.68. The molecule has 0 saturated heterocycles. The minimum Gasteiger partial charge on any atom is -0.226 e. The molecule has 2 rings (SSSR count). The molecule has 19 heavy (non-hydrogen) atoms. The Morgan fingerprint density at radius 1 is 0.684 bits per heavy atom. The molecule has 0 N–H and O–H groups in total. The van der Waals surface area contributed by atoms with E-state index in [2.05, 4.69) is 74.5 Å². The van der Waals surface area contributed by atoms with Crippen molar-refractivity contribution in [3.05, 3.63) is 71.8 Å². The Kier molecular flexibility index (Phi) is 5.17. The Hall–Kier alpha value is -1.60. The van der Waals surface area contributed by atoms with E-state index >= 15 is 0 Å². The summed E-state index contributed by atoms with van der Waals surface area (Å²) in [6, 6.07) is 21.8. The van der Waals surface area contributed by atoms with Crippen LogP contribution in [0.15, 0.2) is 60.7 Å². The average molecular weight is 252 g/mol. The summed E-state index contributed by atoms with van der Waals surface area (Å²) in [7, 11) is 0. The highest BCUT2D eigenvalue weighted by Gasteiger charge is 2.17. The van der Waals surface area contributed by atoms with Crippen LogP contribution in [0.1, 0.15) is 49.9 Å². The largest absolute Gasteiger partial charge is 0.226 e. The fourth-order valence-electron chi connectivity index (χ4n) is 2.42. The normalized spacial score (nSPS) is 14.0. The van der Waals surface area contributed by atoms with Gasteiger partial charge in [-0.15, -0.1) is 0 Å². The van der Waals surface area contributed by atoms with Crippen molar-refractivity contribution in [1.82, 2.24) is 5.32 Å². The molecule has 99 valence electrons. The van der Waals surface area contributed by atoms with E-state index in [0.717, 1.165) is 12.8 Å². The summed E-state index contributed by atoms with van der Waals surface area (Å²) in [5, 5.41) is 5.05. The lowest BCUT2D eigenvalue weighted by molar-refractivity contribution is 0.415. The van der Waals surface area contributed by atoms with Crippen molar-refractivity contribution >= 4 is 0 Å². The standard InChI is InChI=1S/C18H22N/c1-3-17(15-11-7-5-8-12-15)19-18(4-2)16-13-9-6-10-14-16/h5-14,17-18H,3-4H2,1-2H3. The van der Waals surface area contributed by atoms with Gasteiger partial charge >= 0.3 is 0 Å². The van der Waals surface area contributed by atoms with Crippen molar-refractivity contribution in [2.24, 2.45) is 0 Å². The van der Waals surface area contributed by atoms with Gasteiger partial charge in [0.2, 0.25) is 0 Å². The van der Waals surface area contributed by atoms with Crippen molar-refractivity contribution in [2.75, 3.05) is 0 Å². The van der Waals surface area contributed by atoms with Crippen molar-refractivity contribution < 1.29 is 0 Å². The van der Waals surface area contributed by atoms with Gasteiger partial charge in [-0.05, 0) is 24.0 Å². The Bertz CT molecular complexity index is 418. The second kappa shape index (κ2) is 7.10. The SMILES string of the molecule is CCC([N]C(CC)c1ccccc1)c1ccccc1. The average Bonchev–Trinajstić information content (AvgIpc) is 2.50. The molecular weight excluding hydrogens is 230 g/mol. The molecular formula is C18H22N. The van der Waals surface area contributed by atoms with E-state index in [-0.39, 0.29) is 0 Å². The summed E-state index contributed by atoms with van der Waals surface area (Å²) < 4.78 is 0. The van der Waals surface area contributed by atoms with E-state index in [1.54, 1.807) is 0 Å². The van der Waals surface area contributed by atoms with E-state index in [1.165, 1.54) is 11.1 Å². The predicted octanol–water partition coefficient (Wildman–Crippen LogP) is 4.89. The lowest BCUT2D eigenvalue weighted by atomic mass is 9.99. The van der Waals surface area contributed by atoms with Crippen LogP contribution in [0.5, 0.6) is 0 Å². The van der Waals surface area contributed by atoms with E-state index < -0.39 is 0 Å². The molecule has 0 fully saturated rings. The topological polar surface area (TPSA) is 14.1 Å². The van der Waals surface area contributed by atoms with Crippen LogP contribution in [0, 0.1) is 0 Å². The first-order valence-corrected chi connectivity index (χ1v) is 7.15. The molecule has 2 aromatic carbocycles. The molecule has 1 nitrogen and oxygen atoms in total. The second-order valence-electron chi connectivity index (χ2n) is 4.82. The molecule has 1 radical (unpaired) electrons. The number of hydrogen-bond acceptors (Lipinski definition) is 0.